The number of amides is 2. The molecule has 0 saturated carbocycles. The number of esters is 1. The number of carbonyl (C=O) groups excluding carboxylic acids is 2. The highest BCUT2D eigenvalue weighted by Crippen LogP contribution is 2.28. The number of hydrogen-bond donors (Lipinski definition) is 1. The molecule has 7 nitrogen and oxygen atoms in total. The Hall–Kier alpha value is -2.35. The van der Waals surface area contributed by atoms with Crippen LogP contribution in [0.25, 0.3) is 0 Å². The SMILES string of the molecule is COC(=O)c1cscc1NC(=O)N1CC[C@@H](C)[C@H](n2ccnc2)C1. The molecule has 1 fully saturated rings. The average molecular weight is 348 g/mol. The van der Waals surface area contributed by atoms with Crippen molar-refractivity contribution >= 4 is 29.0 Å². The zero-order valence-corrected chi connectivity index (χ0v) is 14.5. The number of imidazole rings is 1. The molecule has 1 saturated heterocycles. The summed E-state index contributed by atoms with van der Waals surface area (Å²) in [5.41, 5.74) is 0.877. The van der Waals surface area contributed by atoms with E-state index in [1.807, 2.05) is 6.20 Å². The number of methoxy groups -OCH3 is 1. The topological polar surface area (TPSA) is 76.5 Å². The van der Waals surface area contributed by atoms with Crippen LogP contribution in [-0.4, -0.2) is 46.7 Å². The van der Waals surface area contributed by atoms with Gasteiger partial charge in [-0.15, -0.1) is 11.3 Å². The number of urea groups is 1. The summed E-state index contributed by atoms with van der Waals surface area (Å²) in [7, 11) is 1.33. The summed E-state index contributed by atoms with van der Waals surface area (Å²) in [5.74, 6) is 0.0186. The number of ether oxygens (including phenoxy) is 1. The van der Waals surface area contributed by atoms with Crippen molar-refractivity contribution in [1.82, 2.24) is 14.5 Å². The predicted octanol–water partition coefficient (Wildman–Crippen LogP) is 2.85. The van der Waals surface area contributed by atoms with Crippen LogP contribution in [0.4, 0.5) is 10.5 Å². The first kappa shape index (κ1) is 16.5. The van der Waals surface area contributed by atoms with Gasteiger partial charge < -0.3 is 19.5 Å². The third-order valence-corrected chi connectivity index (χ3v) is 5.17. The molecular formula is C16H20N4O3S. The molecular weight excluding hydrogens is 328 g/mol. The number of nitrogens with one attached hydrogen (secondary N) is 1. The molecule has 2 amide bonds. The zero-order valence-electron chi connectivity index (χ0n) is 13.6. The number of likely N-dealkylation sites (tertiary alicyclic amines) is 1. The molecule has 1 aliphatic rings. The summed E-state index contributed by atoms with van der Waals surface area (Å²) in [6, 6.07) is 0.00474. The van der Waals surface area contributed by atoms with E-state index in [-0.39, 0.29) is 12.1 Å². The molecule has 8 heteroatoms. The van der Waals surface area contributed by atoms with E-state index in [1.165, 1.54) is 18.4 Å². The minimum Gasteiger partial charge on any atom is -0.465 e. The van der Waals surface area contributed by atoms with Crippen molar-refractivity contribution in [3.8, 4) is 0 Å². The molecule has 1 N–H and O–H groups in total. The molecule has 0 bridgehead atoms. The predicted molar refractivity (Wildman–Crippen MR) is 91.3 cm³/mol. The molecule has 2 atom stereocenters. The molecule has 2 aromatic rings. The maximum Gasteiger partial charge on any atom is 0.340 e. The van der Waals surface area contributed by atoms with Gasteiger partial charge in [-0.2, -0.15) is 0 Å². The van der Waals surface area contributed by atoms with E-state index in [0.29, 0.717) is 30.3 Å². The van der Waals surface area contributed by atoms with Crippen LogP contribution in [0.2, 0.25) is 0 Å². The highest BCUT2D eigenvalue weighted by atomic mass is 32.1. The van der Waals surface area contributed by atoms with Crippen molar-refractivity contribution in [3.63, 3.8) is 0 Å². The van der Waals surface area contributed by atoms with Crippen LogP contribution in [0.3, 0.4) is 0 Å². The Balaban J connectivity index is 1.69. The maximum absolute atomic E-state index is 12.6. The first-order chi connectivity index (χ1) is 11.6. The third kappa shape index (κ3) is 3.28. The summed E-state index contributed by atoms with van der Waals surface area (Å²) >= 11 is 1.35. The first-order valence-electron chi connectivity index (χ1n) is 7.78. The molecule has 3 rings (SSSR count). The number of nitrogens with zero attached hydrogens (tertiary/aromatic N) is 3. The van der Waals surface area contributed by atoms with E-state index < -0.39 is 5.97 Å². The van der Waals surface area contributed by atoms with Crippen molar-refractivity contribution in [2.45, 2.75) is 19.4 Å². The summed E-state index contributed by atoms with van der Waals surface area (Å²) in [6.07, 6.45) is 6.39. The highest BCUT2D eigenvalue weighted by Gasteiger charge is 2.30. The van der Waals surface area contributed by atoms with Crippen molar-refractivity contribution in [2.75, 3.05) is 25.5 Å². The van der Waals surface area contributed by atoms with Gasteiger partial charge >= 0.3 is 12.0 Å². The summed E-state index contributed by atoms with van der Waals surface area (Å²) in [4.78, 5) is 30.2. The van der Waals surface area contributed by atoms with Crippen LogP contribution in [0, 0.1) is 5.92 Å². The number of piperidine rings is 1. The van der Waals surface area contributed by atoms with Gasteiger partial charge in [0.25, 0.3) is 0 Å². The normalized spacial score (nSPS) is 20.7. The Morgan fingerprint density at radius 1 is 1.42 bits per heavy atom. The fourth-order valence-electron chi connectivity index (χ4n) is 2.94. The van der Waals surface area contributed by atoms with Gasteiger partial charge in [-0.1, -0.05) is 6.92 Å². The van der Waals surface area contributed by atoms with E-state index in [9.17, 15) is 9.59 Å². The quantitative estimate of drug-likeness (QED) is 0.866. The van der Waals surface area contributed by atoms with Crippen molar-refractivity contribution < 1.29 is 14.3 Å². The first-order valence-corrected chi connectivity index (χ1v) is 8.72. The lowest BCUT2D eigenvalue weighted by atomic mass is 9.93. The fraction of sp³-hybridized carbons (Fsp3) is 0.438. The standard InChI is InChI=1S/C16H20N4O3S/c1-11-3-5-19(7-14(11)20-6-4-17-10-20)16(22)18-13-9-24-8-12(13)15(21)23-2/h4,6,8-11,14H,3,5,7H2,1-2H3,(H,18,22)/t11-,14-/m1/s1. The average Bonchev–Trinajstić information content (AvgIpc) is 3.26. The largest absolute Gasteiger partial charge is 0.465 e. The minimum absolute atomic E-state index is 0.199. The second-order valence-corrected chi connectivity index (χ2v) is 6.65. The Kier molecular flexibility index (Phi) is 4.84. The van der Waals surface area contributed by atoms with Gasteiger partial charge in [0, 0.05) is 36.2 Å². The molecule has 24 heavy (non-hydrogen) atoms. The van der Waals surface area contributed by atoms with Gasteiger partial charge in [-0.3, -0.25) is 0 Å². The lowest BCUT2D eigenvalue weighted by Crippen LogP contribution is -2.45. The van der Waals surface area contributed by atoms with Gasteiger partial charge in [0.1, 0.15) is 0 Å². The van der Waals surface area contributed by atoms with E-state index in [4.69, 9.17) is 4.74 Å². The number of rotatable bonds is 3. The summed E-state index contributed by atoms with van der Waals surface area (Å²) < 4.78 is 6.79. The van der Waals surface area contributed by atoms with Gasteiger partial charge in [-0.25, -0.2) is 14.6 Å². The van der Waals surface area contributed by atoms with E-state index in [0.717, 1.165) is 6.42 Å². The number of hydrogen-bond acceptors (Lipinski definition) is 5. The van der Waals surface area contributed by atoms with Gasteiger partial charge in [-0.05, 0) is 12.3 Å². The van der Waals surface area contributed by atoms with Crippen LogP contribution in [0.15, 0.2) is 29.5 Å². The van der Waals surface area contributed by atoms with E-state index in [1.54, 1.807) is 28.2 Å². The van der Waals surface area contributed by atoms with Crippen LogP contribution >= 0.6 is 11.3 Å². The molecule has 0 aromatic carbocycles. The second-order valence-electron chi connectivity index (χ2n) is 5.91. The summed E-state index contributed by atoms with van der Waals surface area (Å²) in [6.45, 7) is 3.49. The molecule has 128 valence electrons. The molecule has 3 heterocycles. The number of anilines is 1. The second kappa shape index (κ2) is 7.04. The van der Waals surface area contributed by atoms with E-state index >= 15 is 0 Å². The zero-order chi connectivity index (χ0) is 17.1. The van der Waals surface area contributed by atoms with Crippen LogP contribution < -0.4 is 5.32 Å². The lowest BCUT2D eigenvalue weighted by molar-refractivity contribution is 0.0602. The molecule has 0 radical (unpaired) electrons. The number of thiophene rings is 1. The van der Waals surface area contributed by atoms with Crippen LogP contribution in [-0.2, 0) is 4.74 Å². The lowest BCUT2D eigenvalue weighted by Gasteiger charge is -2.37. The fourth-order valence-corrected chi connectivity index (χ4v) is 3.69. The van der Waals surface area contributed by atoms with Gasteiger partial charge in [0.15, 0.2) is 0 Å². The molecule has 2 aromatic heterocycles. The molecule has 0 spiro atoms. The monoisotopic (exact) mass is 348 g/mol. The maximum atomic E-state index is 12.6. The number of carbonyl (C=O) groups is 2. The van der Waals surface area contributed by atoms with Crippen molar-refractivity contribution in [1.29, 1.82) is 0 Å². The van der Waals surface area contributed by atoms with Crippen LogP contribution in [0.1, 0.15) is 29.7 Å². The van der Waals surface area contributed by atoms with Gasteiger partial charge in [0.2, 0.25) is 0 Å². The summed E-state index contributed by atoms with van der Waals surface area (Å²) in [5, 5.41) is 6.24. The highest BCUT2D eigenvalue weighted by molar-refractivity contribution is 7.08. The Morgan fingerprint density at radius 2 is 2.25 bits per heavy atom. The Labute approximate surface area is 144 Å². The van der Waals surface area contributed by atoms with Crippen LogP contribution in [0.5, 0.6) is 0 Å². The Morgan fingerprint density at radius 3 is 2.96 bits per heavy atom. The molecule has 1 aliphatic heterocycles. The molecule has 0 aliphatic carbocycles. The third-order valence-electron chi connectivity index (χ3n) is 4.42. The molecule has 0 unspecified atom stereocenters. The minimum atomic E-state index is -0.449. The van der Waals surface area contributed by atoms with Crippen molar-refractivity contribution in [2.24, 2.45) is 5.92 Å². The number of aromatic nitrogens is 2. The van der Waals surface area contributed by atoms with Gasteiger partial charge in [0.05, 0.1) is 30.7 Å². The van der Waals surface area contributed by atoms with E-state index in [2.05, 4.69) is 21.8 Å². The smallest absolute Gasteiger partial charge is 0.340 e. The van der Waals surface area contributed by atoms with Crippen molar-refractivity contribution in [3.05, 3.63) is 35.0 Å². The Bertz CT molecular complexity index is 713.